The normalized spacial score (nSPS) is 10.2. The maximum absolute atomic E-state index is 12.8. The highest BCUT2D eigenvalue weighted by Gasteiger charge is 2.16. The lowest BCUT2D eigenvalue weighted by Gasteiger charge is -2.03. The molecule has 1 rings (SSSR count). The van der Waals surface area contributed by atoms with Crippen LogP contribution in [0, 0.1) is 17.5 Å². The second-order valence-electron chi connectivity index (χ2n) is 2.39. The van der Waals surface area contributed by atoms with Crippen LogP contribution in [0.4, 0.5) is 17.6 Å². The van der Waals surface area contributed by atoms with Crippen LogP contribution < -0.4 is 0 Å². The quantitative estimate of drug-likeness (QED) is 0.496. The molecule has 0 spiro atoms. The molecule has 0 aliphatic rings. The molecule has 70 valence electrons. The zero-order valence-electron chi connectivity index (χ0n) is 6.58. The molecular weight excluding hydrogens is 184 g/mol. The Labute approximate surface area is 72.5 Å². The Morgan fingerprint density at radius 3 is 2.31 bits per heavy atom. The molecule has 0 saturated heterocycles. The Morgan fingerprint density at radius 2 is 1.85 bits per heavy atom. The molecule has 0 aromatic heterocycles. The third kappa shape index (κ3) is 1.56. The van der Waals surface area contributed by atoms with Crippen LogP contribution in [0.15, 0.2) is 12.6 Å². The van der Waals surface area contributed by atoms with Crippen LogP contribution in [-0.4, -0.2) is 0 Å². The Kier molecular flexibility index (Phi) is 2.70. The Bertz CT molecular complexity index is 344. The standard InChI is InChI=1S/C9H6F4/c1-2-5-3-7(11)6(4-10)9(13)8(5)12/h2-3H,1,4H2. The van der Waals surface area contributed by atoms with E-state index in [4.69, 9.17) is 0 Å². The van der Waals surface area contributed by atoms with Crippen molar-refractivity contribution in [1.29, 1.82) is 0 Å². The highest BCUT2D eigenvalue weighted by molar-refractivity contribution is 5.49. The average molecular weight is 190 g/mol. The maximum atomic E-state index is 12.8. The SMILES string of the molecule is C=Cc1cc(F)c(CF)c(F)c1F. The molecule has 13 heavy (non-hydrogen) atoms. The molecule has 0 heterocycles. The predicted molar refractivity (Wildman–Crippen MR) is 41.2 cm³/mol. The van der Waals surface area contributed by atoms with Crippen LogP contribution in [0.2, 0.25) is 0 Å². The Balaban J connectivity index is 3.45. The fourth-order valence-corrected chi connectivity index (χ4v) is 0.922. The topological polar surface area (TPSA) is 0 Å². The molecule has 0 unspecified atom stereocenters. The van der Waals surface area contributed by atoms with Crippen molar-refractivity contribution in [2.45, 2.75) is 6.67 Å². The molecular formula is C9H6F4. The number of hydrogen-bond donors (Lipinski definition) is 0. The van der Waals surface area contributed by atoms with Crippen molar-refractivity contribution in [2.24, 2.45) is 0 Å². The van der Waals surface area contributed by atoms with Gasteiger partial charge in [-0.25, -0.2) is 17.6 Å². The fourth-order valence-electron chi connectivity index (χ4n) is 0.922. The molecule has 0 atom stereocenters. The fraction of sp³-hybridized carbons (Fsp3) is 0.111. The third-order valence-electron chi connectivity index (χ3n) is 1.64. The van der Waals surface area contributed by atoms with Gasteiger partial charge in [0.1, 0.15) is 12.5 Å². The van der Waals surface area contributed by atoms with Gasteiger partial charge in [0.05, 0.1) is 5.56 Å². The second kappa shape index (κ2) is 3.60. The summed E-state index contributed by atoms with van der Waals surface area (Å²) in [6.07, 6.45) is 0.962. The van der Waals surface area contributed by atoms with Gasteiger partial charge in [-0.1, -0.05) is 12.7 Å². The molecule has 0 fully saturated rings. The van der Waals surface area contributed by atoms with Gasteiger partial charge in [-0.05, 0) is 6.07 Å². The minimum Gasteiger partial charge on any atom is -0.246 e. The van der Waals surface area contributed by atoms with Crippen LogP contribution in [0.1, 0.15) is 11.1 Å². The van der Waals surface area contributed by atoms with Gasteiger partial charge in [-0.3, -0.25) is 0 Å². The van der Waals surface area contributed by atoms with Gasteiger partial charge < -0.3 is 0 Å². The van der Waals surface area contributed by atoms with Crippen LogP contribution in [0.25, 0.3) is 6.08 Å². The van der Waals surface area contributed by atoms with Crippen LogP contribution >= 0.6 is 0 Å². The highest BCUT2D eigenvalue weighted by atomic mass is 19.2. The molecule has 0 amide bonds. The first kappa shape index (κ1) is 9.77. The van der Waals surface area contributed by atoms with Gasteiger partial charge in [0.15, 0.2) is 11.6 Å². The van der Waals surface area contributed by atoms with E-state index in [1.54, 1.807) is 0 Å². The summed E-state index contributed by atoms with van der Waals surface area (Å²) in [5, 5.41) is 0. The van der Waals surface area contributed by atoms with E-state index >= 15 is 0 Å². The summed E-state index contributed by atoms with van der Waals surface area (Å²) in [4.78, 5) is 0. The van der Waals surface area contributed by atoms with Crippen molar-refractivity contribution in [3.05, 3.63) is 41.2 Å². The van der Waals surface area contributed by atoms with E-state index in [1.165, 1.54) is 0 Å². The summed E-state index contributed by atoms with van der Waals surface area (Å²) in [7, 11) is 0. The van der Waals surface area contributed by atoms with Crippen molar-refractivity contribution < 1.29 is 17.6 Å². The zero-order chi connectivity index (χ0) is 10.0. The minimum atomic E-state index is -1.49. The number of hydrogen-bond acceptors (Lipinski definition) is 0. The first-order chi connectivity index (χ1) is 6.11. The summed E-state index contributed by atoms with van der Waals surface area (Å²) in [6.45, 7) is 1.79. The van der Waals surface area contributed by atoms with Crippen LogP contribution in [0.5, 0.6) is 0 Å². The minimum absolute atomic E-state index is 0.313. The smallest absolute Gasteiger partial charge is 0.168 e. The molecule has 0 bridgehead atoms. The van der Waals surface area contributed by atoms with Gasteiger partial charge in [0.2, 0.25) is 0 Å². The summed E-state index contributed by atoms with van der Waals surface area (Å²) >= 11 is 0. The van der Waals surface area contributed by atoms with Gasteiger partial charge in [0.25, 0.3) is 0 Å². The maximum Gasteiger partial charge on any atom is 0.168 e. The Morgan fingerprint density at radius 1 is 1.23 bits per heavy atom. The summed E-state index contributed by atoms with van der Waals surface area (Å²) < 4.78 is 50.4. The molecule has 0 N–H and O–H groups in total. The summed E-state index contributed by atoms with van der Waals surface area (Å²) in [5.74, 6) is -3.86. The number of halogens is 4. The van der Waals surface area contributed by atoms with Crippen LogP contribution in [0.3, 0.4) is 0 Å². The van der Waals surface area contributed by atoms with Crippen molar-refractivity contribution in [2.75, 3.05) is 0 Å². The largest absolute Gasteiger partial charge is 0.246 e. The Hall–Kier alpha value is -1.32. The molecule has 1 aromatic rings. The highest BCUT2D eigenvalue weighted by Crippen LogP contribution is 2.21. The molecule has 0 aliphatic carbocycles. The molecule has 0 radical (unpaired) electrons. The van der Waals surface area contributed by atoms with E-state index in [-0.39, 0.29) is 5.56 Å². The van der Waals surface area contributed by atoms with Crippen molar-refractivity contribution in [3.63, 3.8) is 0 Å². The van der Waals surface area contributed by atoms with Crippen molar-refractivity contribution in [3.8, 4) is 0 Å². The van der Waals surface area contributed by atoms with E-state index in [0.717, 1.165) is 6.08 Å². The average Bonchev–Trinajstić information content (AvgIpc) is 2.12. The zero-order valence-corrected chi connectivity index (χ0v) is 6.58. The monoisotopic (exact) mass is 190 g/mol. The van der Waals surface area contributed by atoms with Crippen molar-refractivity contribution >= 4 is 6.08 Å². The second-order valence-corrected chi connectivity index (χ2v) is 2.39. The van der Waals surface area contributed by atoms with Gasteiger partial charge in [-0.2, -0.15) is 0 Å². The number of rotatable bonds is 2. The summed E-state index contributed by atoms with van der Waals surface area (Å²) in [5.41, 5.74) is -1.20. The summed E-state index contributed by atoms with van der Waals surface area (Å²) in [6, 6.07) is 0.709. The molecule has 0 saturated carbocycles. The first-order valence-electron chi connectivity index (χ1n) is 3.46. The van der Waals surface area contributed by atoms with Gasteiger partial charge in [0, 0.05) is 5.56 Å². The van der Waals surface area contributed by atoms with E-state index < -0.39 is 29.7 Å². The van der Waals surface area contributed by atoms with E-state index in [1.807, 2.05) is 0 Å². The molecule has 0 aliphatic heterocycles. The van der Waals surface area contributed by atoms with Gasteiger partial charge >= 0.3 is 0 Å². The van der Waals surface area contributed by atoms with Crippen molar-refractivity contribution in [1.82, 2.24) is 0 Å². The first-order valence-corrected chi connectivity index (χ1v) is 3.46. The number of benzene rings is 1. The van der Waals surface area contributed by atoms with Gasteiger partial charge in [-0.15, -0.1) is 0 Å². The lowest BCUT2D eigenvalue weighted by Crippen LogP contribution is -1.99. The van der Waals surface area contributed by atoms with E-state index in [9.17, 15) is 17.6 Å². The van der Waals surface area contributed by atoms with E-state index in [0.29, 0.717) is 6.07 Å². The number of alkyl halides is 1. The predicted octanol–water partition coefficient (Wildman–Crippen LogP) is 3.22. The molecule has 0 nitrogen and oxygen atoms in total. The third-order valence-corrected chi connectivity index (χ3v) is 1.64. The molecule has 1 aromatic carbocycles. The lowest BCUT2D eigenvalue weighted by molar-refractivity contribution is 0.418. The lowest BCUT2D eigenvalue weighted by atomic mass is 10.1. The van der Waals surface area contributed by atoms with E-state index in [2.05, 4.69) is 6.58 Å². The van der Waals surface area contributed by atoms with Crippen LogP contribution in [-0.2, 0) is 6.67 Å². The molecule has 4 heteroatoms.